The summed E-state index contributed by atoms with van der Waals surface area (Å²) < 4.78 is 16.4. The average molecular weight is 404 g/mol. The van der Waals surface area contributed by atoms with E-state index in [1.165, 1.54) is 83.5 Å². The van der Waals surface area contributed by atoms with E-state index in [0.717, 1.165) is 25.3 Å². The number of rotatable bonds is 21. The van der Waals surface area contributed by atoms with Crippen molar-refractivity contribution in [3.8, 4) is 0 Å². The fourth-order valence-electron chi connectivity index (χ4n) is 3.71. The Bertz CT molecular complexity index is 293. The maximum atomic E-state index is 6.26. The Morgan fingerprint density at radius 1 is 0.593 bits per heavy atom. The zero-order valence-electron chi connectivity index (χ0n) is 18.9. The molecule has 0 aromatic heterocycles. The molecule has 0 aromatic rings. The van der Waals surface area contributed by atoms with E-state index in [4.69, 9.17) is 19.0 Å². The van der Waals surface area contributed by atoms with E-state index in [0.29, 0.717) is 6.04 Å². The summed E-state index contributed by atoms with van der Waals surface area (Å²) in [7, 11) is 2.61. The van der Waals surface area contributed by atoms with Crippen molar-refractivity contribution in [3.63, 3.8) is 0 Å². The van der Waals surface area contributed by atoms with Crippen molar-refractivity contribution >= 4 is 8.80 Å². The van der Waals surface area contributed by atoms with Crippen molar-refractivity contribution in [3.05, 3.63) is 0 Å². The minimum absolute atomic E-state index is 0.301. The summed E-state index contributed by atoms with van der Waals surface area (Å²) in [5.74, 6) is 0. The Kier molecular flexibility index (Phi) is 19.4. The Morgan fingerprint density at radius 3 is 1.37 bits per heavy atom. The second kappa shape index (κ2) is 19.4. The molecule has 164 valence electrons. The van der Waals surface area contributed by atoms with Crippen molar-refractivity contribution in [2.24, 2.45) is 5.73 Å². The van der Waals surface area contributed by atoms with Crippen LogP contribution in [0.4, 0.5) is 0 Å². The molecule has 0 aliphatic rings. The molecular formula is C22H49NO3Si. The monoisotopic (exact) mass is 403 g/mol. The molecule has 0 saturated heterocycles. The number of nitrogens with two attached hydrogens (primary N) is 1. The molecule has 5 heteroatoms. The summed E-state index contributed by atoms with van der Waals surface area (Å²) in [6.07, 6.45) is 21.4. The molecule has 0 rings (SSSR count). The first-order valence-corrected chi connectivity index (χ1v) is 13.5. The first-order valence-electron chi connectivity index (χ1n) is 11.5. The van der Waals surface area contributed by atoms with Gasteiger partial charge in [-0.25, -0.2) is 0 Å². The molecular weight excluding hydrogens is 354 g/mol. The van der Waals surface area contributed by atoms with Crippen LogP contribution in [0.5, 0.6) is 0 Å². The zero-order valence-corrected chi connectivity index (χ0v) is 19.9. The topological polar surface area (TPSA) is 53.7 Å². The molecule has 0 spiro atoms. The molecule has 1 atom stereocenters. The maximum Gasteiger partial charge on any atom is 0.500 e. The quantitative estimate of drug-likeness (QED) is 0.177. The summed E-state index contributed by atoms with van der Waals surface area (Å²) >= 11 is 0. The second-order valence-electron chi connectivity index (χ2n) is 7.98. The van der Waals surface area contributed by atoms with Crippen LogP contribution in [0.25, 0.3) is 0 Å². The molecule has 0 bridgehead atoms. The lowest BCUT2D eigenvalue weighted by Gasteiger charge is -2.24. The van der Waals surface area contributed by atoms with Crippen molar-refractivity contribution in [2.45, 2.75) is 122 Å². The number of hydrogen-bond acceptors (Lipinski definition) is 4. The first kappa shape index (κ1) is 27.1. The Balaban J connectivity index is 3.37. The molecule has 0 heterocycles. The number of unbranched alkanes of at least 4 members (excludes halogenated alkanes) is 12. The van der Waals surface area contributed by atoms with Gasteiger partial charge >= 0.3 is 8.80 Å². The van der Waals surface area contributed by atoms with Gasteiger partial charge in [-0.2, -0.15) is 0 Å². The van der Waals surface area contributed by atoms with Gasteiger partial charge in [-0.1, -0.05) is 90.4 Å². The van der Waals surface area contributed by atoms with Crippen molar-refractivity contribution < 1.29 is 13.3 Å². The Labute approximate surface area is 171 Å². The molecule has 0 radical (unpaired) electrons. The maximum absolute atomic E-state index is 6.26. The summed E-state index contributed by atoms with van der Waals surface area (Å²) in [5, 5.41) is 0. The molecule has 0 aliphatic carbocycles. The molecule has 0 aliphatic heterocycles. The standard InChI is InChI=1S/C22H49NO3Si/c1-5-6-7-8-9-10-11-12-13-14-15-16-17-19-22(23)20-18-21-27(24-2,25-3)26-4/h22H,5-21,23H2,1-4H3. The van der Waals surface area contributed by atoms with Gasteiger partial charge in [-0.3, -0.25) is 0 Å². The van der Waals surface area contributed by atoms with E-state index < -0.39 is 8.80 Å². The van der Waals surface area contributed by atoms with E-state index in [1.807, 2.05) is 0 Å². The fourth-order valence-corrected chi connectivity index (χ4v) is 5.46. The van der Waals surface area contributed by atoms with Crippen molar-refractivity contribution in [1.29, 1.82) is 0 Å². The van der Waals surface area contributed by atoms with Crippen LogP contribution >= 0.6 is 0 Å². The van der Waals surface area contributed by atoms with Crippen LogP contribution in [0.3, 0.4) is 0 Å². The number of hydrogen-bond donors (Lipinski definition) is 1. The smallest absolute Gasteiger partial charge is 0.377 e. The molecule has 0 amide bonds. The lowest BCUT2D eigenvalue weighted by molar-refractivity contribution is 0.122. The van der Waals surface area contributed by atoms with Gasteiger partial charge in [0.25, 0.3) is 0 Å². The third-order valence-electron chi connectivity index (χ3n) is 5.67. The van der Waals surface area contributed by atoms with Crippen LogP contribution in [-0.4, -0.2) is 36.2 Å². The highest BCUT2D eigenvalue weighted by atomic mass is 28.4. The van der Waals surface area contributed by atoms with Crippen molar-refractivity contribution in [1.82, 2.24) is 0 Å². The van der Waals surface area contributed by atoms with Gasteiger partial charge in [0, 0.05) is 33.4 Å². The summed E-state index contributed by atoms with van der Waals surface area (Å²) in [6, 6.07) is 1.15. The average Bonchev–Trinajstić information content (AvgIpc) is 2.69. The minimum atomic E-state index is -2.41. The van der Waals surface area contributed by atoms with Crippen molar-refractivity contribution in [2.75, 3.05) is 21.3 Å². The molecule has 2 N–H and O–H groups in total. The lowest BCUT2D eigenvalue weighted by Crippen LogP contribution is -2.42. The highest BCUT2D eigenvalue weighted by molar-refractivity contribution is 6.60. The minimum Gasteiger partial charge on any atom is -0.377 e. The molecule has 0 aromatic carbocycles. The Hall–Kier alpha value is 0.0569. The van der Waals surface area contributed by atoms with Crippen LogP contribution < -0.4 is 5.73 Å². The molecule has 1 unspecified atom stereocenters. The van der Waals surface area contributed by atoms with Gasteiger partial charge in [0.2, 0.25) is 0 Å². The third kappa shape index (κ3) is 15.6. The van der Waals surface area contributed by atoms with Crippen LogP contribution in [-0.2, 0) is 13.3 Å². The van der Waals surface area contributed by atoms with E-state index in [-0.39, 0.29) is 0 Å². The van der Waals surface area contributed by atoms with Crippen LogP contribution in [0.1, 0.15) is 110 Å². The largest absolute Gasteiger partial charge is 0.500 e. The van der Waals surface area contributed by atoms with E-state index in [9.17, 15) is 0 Å². The Morgan fingerprint density at radius 2 is 0.963 bits per heavy atom. The van der Waals surface area contributed by atoms with Gasteiger partial charge in [0.15, 0.2) is 0 Å². The lowest BCUT2D eigenvalue weighted by atomic mass is 10.0. The molecule has 27 heavy (non-hydrogen) atoms. The van der Waals surface area contributed by atoms with Crippen LogP contribution in [0, 0.1) is 0 Å². The zero-order chi connectivity index (χ0) is 20.2. The van der Waals surface area contributed by atoms with E-state index >= 15 is 0 Å². The van der Waals surface area contributed by atoms with Gasteiger partial charge in [-0.15, -0.1) is 0 Å². The highest BCUT2D eigenvalue weighted by Gasteiger charge is 2.36. The van der Waals surface area contributed by atoms with Gasteiger partial charge in [0.05, 0.1) is 0 Å². The molecule has 0 fully saturated rings. The van der Waals surface area contributed by atoms with Gasteiger partial charge < -0.3 is 19.0 Å². The van der Waals surface area contributed by atoms with E-state index in [2.05, 4.69) is 6.92 Å². The van der Waals surface area contributed by atoms with Crippen LogP contribution in [0.2, 0.25) is 6.04 Å². The fraction of sp³-hybridized carbons (Fsp3) is 1.00. The highest BCUT2D eigenvalue weighted by Crippen LogP contribution is 2.18. The summed E-state index contributed by atoms with van der Waals surface area (Å²) in [6.45, 7) is 2.28. The van der Waals surface area contributed by atoms with Gasteiger partial charge in [-0.05, 0) is 19.3 Å². The summed E-state index contributed by atoms with van der Waals surface area (Å²) in [5.41, 5.74) is 6.26. The summed E-state index contributed by atoms with van der Waals surface area (Å²) in [4.78, 5) is 0. The molecule has 0 saturated carbocycles. The predicted molar refractivity (Wildman–Crippen MR) is 119 cm³/mol. The van der Waals surface area contributed by atoms with Gasteiger partial charge in [0.1, 0.15) is 0 Å². The molecule has 4 nitrogen and oxygen atoms in total. The SMILES string of the molecule is CCCCCCCCCCCCCCCC(N)CCC[Si](OC)(OC)OC. The normalized spacial score (nSPS) is 13.2. The van der Waals surface area contributed by atoms with E-state index in [1.54, 1.807) is 21.3 Å². The predicted octanol–water partition coefficient (Wildman–Crippen LogP) is 6.45. The first-order chi connectivity index (χ1) is 13.1. The third-order valence-corrected chi connectivity index (χ3v) is 8.50. The van der Waals surface area contributed by atoms with Crippen LogP contribution in [0.15, 0.2) is 0 Å². The second-order valence-corrected chi connectivity index (χ2v) is 11.1.